The van der Waals surface area contributed by atoms with Gasteiger partial charge in [0.1, 0.15) is 0 Å². The minimum Gasteiger partial charge on any atom is -0.411 e. The van der Waals surface area contributed by atoms with Crippen molar-refractivity contribution >= 4 is 33.3 Å². The Balaban J connectivity index is 1.27. The van der Waals surface area contributed by atoms with Crippen molar-refractivity contribution in [3.8, 4) is 11.5 Å². The second kappa shape index (κ2) is 10.1. The van der Waals surface area contributed by atoms with E-state index >= 15 is 0 Å². The predicted molar refractivity (Wildman–Crippen MR) is 141 cm³/mol. The quantitative estimate of drug-likeness (QED) is 0.327. The molecule has 0 saturated carbocycles. The molecular weight excluding hydrogens is 512 g/mol. The topological polar surface area (TPSA) is 106 Å². The first kappa shape index (κ1) is 25.7. The number of para-hydroxylation sites is 1. The van der Waals surface area contributed by atoms with Gasteiger partial charge >= 0.3 is 0 Å². The largest absolute Gasteiger partial charge is 0.411 e. The lowest BCUT2D eigenvalue weighted by Crippen LogP contribution is -2.40. The summed E-state index contributed by atoms with van der Waals surface area (Å²) in [6.45, 7) is 5.60. The fourth-order valence-corrected chi connectivity index (χ4v) is 6.74. The van der Waals surface area contributed by atoms with Crippen molar-refractivity contribution in [1.82, 2.24) is 14.5 Å². The van der Waals surface area contributed by atoms with E-state index in [4.69, 9.17) is 9.15 Å². The zero-order valence-corrected chi connectivity index (χ0v) is 22.5. The van der Waals surface area contributed by atoms with E-state index in [-0.39, 0.29) is 33.0 Å². The maximum absolute atomic E-state index is 13.0. The van der Waals surface area contributed by atoms with Crippen LogP contribution in [0.4, 0.5) is 5.69 Å². The number of hydrogen-bond acceptors (Lipinski definition) is 9. The summed E-state index contributed by atoms with van der Waals surface area (Å²) in [5.41, 5.74) is 3.43. The van der Waals surface area contributed by atoms with E-state index in [0.717, 1.165) is 23.1 Å². The molecule has 194 valence electrons. The third-order valence-electron chi connectivity index (χ3n) is 6.67. The number of nitrogens with zero attached hydrogens (tertiary/aromatic N) is 4. The molecule has 0 radical (unpaired) electrons. The molecule has 1 fully saturated rings. The van der Waals surface area contributed by atoms with Gasteiger partial charge in [-0.2, -0.15) is 4.31 Å². The van der Waals surface area contributed by atoms with E-state index in [9.17, 15) is 13.2 Å². The monoisotopic (exact) mass is 540 g/mol. The van der Waals surface area contributed by atoms with Crippen molar-refractivity contribution in [2.45, 2.75) is 29.4 Å². The Morgan fingerprint density at radius 3 is 2.62 bits per heavy atom. The smallest absolute Gasteiger partial charge is 0.277 e. The molecule has 3 aromatic rings. The summed E-state index contributed by atoms with van der Waals surface area (Å²) < 4.78 is 38.4. The van der Waals surface area contributed by atoms with Gasteiger partial charge in [-0.3, -0.25) is 4.79 Å². The lowest BCUT2D eigenvalue weighted by molar-refractivity contribution is -0.112. The fraction of sp³-hybridized carbons (Fsp3) is 0.346. The summed E-state index contributed by atoms with van der Waals surface area (Å²) in [4.78, 5) is 15.1. The van der Waals surface area contributed by atoms with E-state index in [2.05, 4.69) is 41.1 Å². The minimum absolute atomic E-state index is 0.0638. The number of fused-ring (bicyclic) bond motifs is 1. The SMILES string of the molecule is CN1/C(=C/C(=O)CSc2nnc(-c3cccc(S(=O)(=O)N4CCOCC4)c3)o2)C(C)(C)c2ccccc21. The van der Waals surface area contributed by atoms with Crippen molar-refractivity contribution in [1.29, 1.82) is 0 Å². The number of allylic oxidation sites excluding steroid dienone is 2. The number of aromatic nitrogens is 2. The van der Waals surface area contributed by atoms with Gasteiger partial charge in [0.05, 0.1) is 23.9 Å². The standard InChI is InChI=1S/C26H28N4O5S2/c1-26(2)21-9-4-5-10-22(21)29(3)23(26)16-19(31)17-36-25-28-27-24(35-25)18-7-6-8-20(15-18)37(32,33)30-11-13-34-14-12-30/h4-10,15-16H,11-14,17H2,1-3H3/b23-16+. The number of carbonyl (C=O) groups excluding carboxylic acids is 1. The summed E-state index contributed by atoms with van der Waals surface area (Å²) in [6, 6.07) is 14.6. The Labute approximate surface area is 220 Å². The molecule has 9 nitrogen and oxygen atoms in total. The molecule has 0 bridgehead atoms. The number of thioether (sulfide) groups is 1. The number of sulfonamides is 1. The minimum atomic E-state index is -3.65. The Kier molecular flexibility index (Phi) is 6.97. The van der Waals surface area contributed by atoms with Crippen LogP contribution in [-0.4, -0.2) is 67.8 Å². The van der Waals surface area contributed by atoms with Gasteiger partial charge in [0.15, 0.2) is 5.78 Å². The maximum atomic E-state index is 13.0. The first-order valence-corrected chi connectivity index (χ1v) is 14.3. The molecule has 5 rings (SSSR count). The zero-order valence-electron chi connectivity index (χ0n) is 20.9. The Morgan fingerprint density at radius 1 is 1.11 bits per heavy atom. The molecule has 0 spiro atoms. The first-order chi connectivity index (χ1) is 17.7. The number of carbonyl (C=O) groups is 1. The van der Waals surface area contributed by atoms with Gasteiger partial charge in [0.25, 0.3) is 5.22 Å². The molecule has 1 aromatic heterocycles. The van der Waals surface area contributed by atoms with E-state index in [1.165, 1.54) is 15.9 Å². The summed E-state index contributed by atoms with van der Waals surface area (Å²) in [7, 11) is -1.68. The third kappa shape index (κ3) is 4.96. The molecule has 2 aliphatic rings. The third-order valence-corrected chi connectivity index (χ3v) is 9.41. The Bertz CT molecular complexity index is 1460. The fourth-order valence-electron chi connectivity index (χ4n) is 4.70. The molecule has 0 unspecified atom stereocenters. The highest BCUT2D eigenvalue weighted by atomic mass is 32.2. The van der Waals surface area contributed by atoms with Gasteiger partial charge in [-0.05, 0) is 29.8 Å². The van der Waals surface area contributed by atoms with Crippen molar-refractivity contribution in [3.63, 3.8) is 0 Å². The molecule has 3 heterocycles. The van der Waals surface area contributed by atoms with Crippen LogP contribution in [0.5, 0.6) is 0 Å². The lowest BCUT2D eigenvalue weighted by Gasteiger charge is -2.26. The van der Waals surface area contributed by atoms with Gasteiger partial charge in [-0.25, -0.2) is 8.42 Å². The van der Waals surface area contributed by atoms with Gasteiger partial charge in [0.2, 0.25) is 15.9 Å². The Hall–Kier alpha value is -2.99. The highest BCUT2D eigenvalue weighted by Crippen LogP contribution is 2.46. The number of ketones is 1. The second-order valence-electron chi connectivity index (χ2n) is 9.40. The van der Waals surface area contributed by atoms with Crippen molar-refractivity contribution < 1.29 is 22.4 Å². The van der Waals surface area contributed by atoms with Gasteiger partial charge in [-0.1, -0.05) is 49.9 Å². The van der Waals surface area contributed by atoms with Crippen LogP contribution in [0, 0.1) is 0 Å². The summed E-state index contributed by atoms with van der Waals surface area (Å²) >= 11 is 1.15. The number of morpholine rings is 1. The van der Waals surface area contributed by atoms with Crippen LogP contribution < -0.4 is 4.90 Å². The first-order valence-electron chi connectivity index (χ1n) is 11.9. The number of benzene rings is 2. The molecule has 0 aliphatic carbocycles. The number of hydrogen-bond donors (Lipinski definition) is 0. The molecule has 2 aromatic carbocycles. The molecule has 0 atom stereocenters. The summed E-state index contributed by atoms with van der Waals surface area (Å²) in [5.74, 6) is 0.266. The summed E-state index contributed by atoms with van der Waals surface area (Å²) in [6.07, 6.45) is 1.68. The normalized spacial score (nSPS) is 18.8. The van der Waals surface area contributed by atoms with Gasteiger partial charge < -0.3 is 14.1 Å². The van der Waals surface area contributed by atoms with Crippen molar-refractivity contribution in [2.75, 3.05) is 44.0 Å². The molecule has 0 N–H and O–H groups in total. The van der Waals surface area contributed by atoms with Crippen LogP contribution in [0.2, 0.25) is 0 Å². The zero-order chi connectivity index (χ0) is 26.2. The van der Waals surface area contributed by atoms with Crippen LogP contribution in [0.1, 0.15) is 19.4 Å². The summed E-state index contributed by atoms with van der Waals surface area (Å²) in [5, 5.41) is 8.35. The van der Waals surface area contributed by atoms with E-state index < -0.39 is 10.0 Å². The van der Waals surface area contributed by atoms with E-state index in [1.807, 2.05) is 19.2 Å². The van der Waals surface area contributed by atoms with Crippen LogP contribution in [0.25, 0.3) is 11.5 Å². The van der Waals surface area contributed by atoms with E-state index in [0.29, 0.717) is 31.9 Å². The molecular formula is C26H28N4O5S2. The van der Waals surface area contributed by atoms with Crippen LogP contribution in [0.3, 0.4) is 0 Å². The second-order valence-corrected chi connectivity index (χ2v) is 12.3. The molecule has 1 saturated heterocycles. The van der Waals surface area contributed by atoms with Crippen LogP contribution >= 0.6 is 11.8 Å². The highest BCUT2D eigenvalue weighted by Gasteiger charge is 2.38. The van der Waals surface area contributed by atoms with E-state index in [1.54, 1.807) is 24.3 Å². The van der Waals surface area contributed by atoms with Crippen LogP contribution in [-0.2, 0) is 25.0 Å². The maximum Gasteiger partial charge on any atom is 0.277 e. The predicted octanol–water partition coefficient (Wildman–Crippen LogP) is 3.73. The lowest BCUT2D eigenvalue weighted by atomic mass is 9.83. The molecule has 0 amide bonds. The number of anilines is 1. The average molecular weight is 541 g/mol. The molecule has 37 heavy (non-hydrogen) atoms. The Morgan fingerprint density at radius 2 is 1.86 bits per heavy atom. The average Bonchev–Trinajstić information content (AvgIpc) is 3.46. The molecule has 11 heteroatoms. The van der Waals surface area contributed by atoms with Crippen molar-refractivity contribution in [2.24, 2.45) is 0 Å². The number of rotatable bonds is 7. The number of ether oxygens (including phenoxy) is 1. The van der Waals surface area contributed by atoms with Gasteiger partial charge in [-0.15, -0.1) is 10.2 Å². The molecule has 2 aliphatic heterocycles. The van der Waals surface area contributed by atoms with Crippen LogP contribution in [0.15, 0.2) is 74.8 Å². The highest BCUT2D eigenvalue weighted by molar-refractivity contribution is 7.99. The van der Waals surface area contributed by atoms with Gasteiger partial charge in [0, 0.05) is 48.6 Å². The van der Waals surface area contributed by atoms with Crippen molar-refractivity contribution in [3.05, 3.63) is 65.9 Å². The number of likely N-dealkylation sites (N-methyl/N-ethyl adjacent to an activating group) is 1.